The third kappa shape index (κ3) is 5.28. The van der Waals surface area contributed by atoms with Crippen LogP contribution in [0.4, 0.5) is 8.78 Å². The lowest BCUT2D eigenvalue weighted by molar-refractivity contribution is 0.553. The van der Waals surface area contributed by atoms with Crippen LogP contribution in [0.5, 0.6) is 0 Å². The quantitative estimate of drug-likeness (QED) is 0.629. The van der Waals surface area contributed by atoms with Crippen molar-refractivity contribution >= 4 is 17.3 Å². The van der Waals surface area contributed by atoms with E-state index in [1.807, 2.05) is 13.1 Å². The third-order valence-electron chi connectivity index (χ3n) is 3.25. The van der Waals surface area contributed by atoms with Crippen LogP contribution in [0.25, 0.3) is 0 Å². The first-order valence-electron chi connectivity index (χ1n) is 7.39. The van der Waals surface area contributed by atoms with Gasteiger partial charge < -0.3 is 10.6 Å². The number of aryl methyl sites for hydroxylation is 1. The van der Waals surface area contributed by atoms with E-state index < -0.39 is 11.6 Å². The van der Waals surface area contributed by atoms with Crippen LogP contribution < -0.4 is 10.6 Å². The Bertz CT molecular complexity index is 650. The Balaban J connectivity index is 1.75. The van der Waals surface area contributed by atoms with Gasteiger partial charge in [0.25, 0.3) is 0 Å². The van der Waals surface area contributed by atoms with E-state index in [0.717, 1.165) is 11.4 Å². The fourth-order valence-electron chi connectivity index (χ4n) is 2.10. The van der Waals surface area contributed by atoms with Gasteiger partial charge in [-0.25, -0.2) is 13.8 Å². The summed E-state index contributed by atoms with van der Waals surface area (Å²) >= 11 is 1.67. The van der Waals surface area contributed by atoms with Crippen molar-refractivity contribution in [3.05, 3.63) is 51.5 Å². The van der Waals surface area contributed by atoms with Crippen LogP contribution in [0.2, 0.25) is 0 Å². The Hall–Kier alpha value is -2.02. The van der Waals surface area contributed by atoms with Gasteiger partial charge in [-0.1, -0.05) is 6.07 Å². The Labute approximate surface area is 138 Å². The summed E-state index contributed by atoms with van der Waals surface area (Å²) in [5.41, 5.74) is 0.0914. The van der Waals surface area contributed by atoms with E-state index in [4.69, 9.17) is 0 Å². The Morgan fingerprint density at radius 3 is 2.39 bits per heavy atom. The standard InChI is InChI=1S/C16H20F2N4S/c1-11-10-22-15(23-11)7-9-21-16(19-2)20-8-6-12-13(17)4-3-5-14(12)18/h3-5,10H,6-9H2,1-2H3,(H2,19,20,21). The molecule has 0 aliphatic heterocycles. The van der Waals surface area contributed by atoms with Crippen molar-refractivity contribution in [1.82, 2.24) is 15.6 Å². The van der Waals surface area contributed by atoms with Crippen LogP contribution in [-0.4, -0.2) is 31.1 Å². The zero-order valence-electron chi connectivity index (χ0n) is 13.2. The maximum Gasteiger partial charge on any atom is 0.191 e. The fraction of sp³-hybridized carbons (Fsp3) is 0.375. The summed E-state index contributed by atoms with van der Waals surface area (Å²) in [7, 11) is 1.66. The van der Waals surface area contributed by atoms with Crippen LogP contribution in [0.3, 0.4) is 0 Å². The minimum atomic E-state index is -0.520. The topological polar surface area (TPSA) is 49.3 Å². The van der Waals surface area contributed by atoms with Crippen molar-refractivity contribution in [3.8, 4) is 0 Å². The monoisotopic (exact) mass is 338 g/mol. The maximum absolute atomic E-state index is 13.5. The van der Waals surface area contributed by atoms with Gasteiger partial charge in [0.2, 0.25) is 0 Å². The van der Waals surface area contributed by atoms with Gasteiger partial charge in [0.05, 0.1) is 5.01 Å². The number of aromatic nitrogens is 1. The predicted octanol–water partition coefficient (Wildman–Crippen LogP) is 2.68. The highest BCUT2D eigenvalue weighted by atomic mass is 32.1. The molecular weight excluding hydrogens is 318 g/mol. The normalized spacial score (nSPS) is 11.6. The van der Waals surface area contributed by atoms with Gasteiger partial charge in [0.15, 0.2) is 5.96 Å². The van der Waals surface area contributed by atoms with Crippen LogP contribution in [0, 0.1) is 18.6 Å². The number of thiazole rings is 1. The lowest BCUT2D eigenvalue weighted by atomic mass is 10.1. The van der Waals surface area contributed by atoms with Gasteiger partial charge in [0.1, 0.15) is 11.6 Å². The zero-order valence-corrected chi connectivity index (χ0v) is 14.0. The minimum absolute atomic E-state index is 0.0914. The summed E-state index contributed by atoms with van der Waals surface area (Å²) in [4.78, 5) is 9.57. The Morgan fingerprint density at radius 1 is 1.17 bits per heavy atom. The molecule has 0 saturated heterocycles. The molecule has 23 heavy (non-hydrogen) atoms. The maximum atomic E-state index is 13.5. The van der Waals surface area contributed by atoms with E-state index in [1.165, 1.54) is 23.1 Å². The second-order valence-corrected chi connectivity index (χ2v) is 6.31. The molecule has 2 aromatic rings. The molecule has 1 aromatic carbocycles. The van der Waals surface area contributed by atoms with Gasteiger partial charge in [-0.15, -0.1) is 11.3 Å². The lowest BCUT2D eigenvalue weighted by Crippen LogP contribution is -2.39. The predicted molar refractivity (Wildman–Crippen MR) is 90.0 cm³/mol. The highest BCUT2D eigenvalue weighted by Gasteiger charge is 2.08. The second kappa shape index (κ2) is 8.57. The van der Waals surface area contributed by atoms with Gasteiger partial charge in [-0.3, -0.25) is 4.99 Å². The van der Waals surface area contributed by atoms with Gasteiger partial charge in [-0.2, -0.15) is 0 Å². The van der Waals surface area contributed by atoms with Crippen LogP contribution >= 0.6 is 11.3 Å². The minimum Gasteiger partial charge on any atom is -0.356 e. The van der Waals surface area contributed by atoms with E-state index in [0.29, 0.717) is 19.0 Å². The first-order chi connectivity index (χ1) is 11.1. The number of nitrogens with one attached hydrogen (secondary N) is 2. The summed E-state index contributed by atoms with van der Waals surface area (Å²) in [6.45, 7) is 3.12. The molecule has 1 aromatic heterocycles. The summed E-state index contributed by atoms with van der Waals surface area (Å²) in [5.74, 6) is -0.433. The van der Waals surface area contributed by atoms with Gasteiger partial charge in [-0.05, 0) is 25.5 Å². The van der Waals surface area contributed by atoms with Crippen LogP contribution in [-0.2, 0) is 12.8 Å². The second-order valence-electron chi connectivity index (χ2n) is 4.99. The highest BCUT2D eigenvalue weighted by Crippen LogP contribution is 2.12. The molecule has 4 nitrogen and oxygen atoms in total. The molecule has 1 heterocycles. The number of nitrogens with zero attached hydrogens (tertiary/aromatic N) is 2. The highest BCUT2D eigenvalue weighted by molar-refractivity contribution is 7.11. The summed E-state index contributed by atoms with van der Waals surface area (Å²) in [5, 5.41) is 7.28. The van der Waals surface area contributed by atoms with E-state index in [-0.39, 0.29) is 12.0 Å². The zero-order chi connectivity index (χ0) is 16.7. The summed E-state index contributed by atoms with van der Waals surface area (Å²) in [6, 6.07) is 3.89. The first-order valence-corrected chi connectivity index (χ1v) is 8.20. The molecule has 2 N–H and O–H groups in total. The molecule has 0 amide bonds. The van der Waals surface area contributed by atoms with Crippen molar-refractivity contribution in [1.29, 1.82) is 0 Å². The number of rotatable bonds is 6. The van der Waals surface area contributed by atoms with E-state index in [2.05, 4.69) is 20.6 Å². The molecule has 0 aliphatic rings. The molecule has 7 heteroatoms. The average Bonchev–Trinajstić information content (AvgIpc) is 2.94. The summed E-state index contributed by atoms with van der Waals surface area (Å²) in [6.07, 6.45) is 2.92. The number of hydrogen-bond acceptors (Lipinski definition) is 3. The number of halogens is 2. The lowest BCUT2D eigenvalue weighted by Gasteiger charge is -2.12. The van der Waals surface area contributed by atoms with Gasteiger partial charge in [0, 0.05) is 43.2 Å². The van der Waals surface area contributed by atoms with E-state index in [1.54, 1.807) is 18.4 Å². The molecular formula is C16H20F2N4S. The van der Waals surface area contributed by atoms with Crippen molar-refractivity contribution < 1.29 is 8.78 Å². The molecule has 0 bridgehead atoms. The summed E-state index contributed by atoms with van der Waals surface area (Å²) < 4.78 is 27.1. The molecule has 0 saturated carbocycles. The Kier molecular flexibility index (Phi) is 6.46. The number of hydrogen-bond donors (Lipinski definition) is 2. The molecule has 0 unspecified atom stereocenters. The van der Waals surface area contributed by atoms with E-state index in [9.17, 15) is 8.78 Å². The van der Waals surface area contributed by atoms with E-state index >= 15 is 0 Å². The molecule has 124 valence electrons. The molecule has 0 atom stereocenters. The number of benzene rings is 1. The fourth-order valence-corrected chi connectivity index (χ4v) is 2.89. The molecule has 2 rings (SSSR count). The molecule has 0 radical (unpaired) electrons. The van der Waals surface area contributed by atoms with Crippen molar-refractivity contribution in [3.63, 3.8) is 0 Å². The Morgan fingerprint density at radius 2 is 1.83 bits per heavy atom. The molecule has 0 aliphatic carbocycles. The van der Waals surface area contributed by atoms with Crippen molar-refractivity contribution in [2.24, 2.45) is 4.99 Å². The number of aliphatic imine (C=N–C) groups is 1. The molecule has 0 fully saturated rings. The van der Waals surface area contributed by atoms with Crippen LogP contribution in [0.1, 0.15) is 15.4 Å². The average molecular weight is 338 g/mol. The van der Waals surface area contributed by atoms with Crippen LogP contribution in [0.15, 0.2) is 29.4 Å². The van der Waals surface area contributed by atoms with Gasteiger partial charge >= 0.3 is 0 Å². The molecule has 0 spiro atoms. The first kappa shape index (κ1) is 17.3. The van der Waals surface area contributed by atoms with Crippen molar-refractivity contribution in [2.45, 2.75) is 19.8 Å². The SMILES string of the molecule is CN=C(NCCc1ncc(C)s1)NCCc1c(F)cccc1F. The third-order valence-corrected chi connectivity index (χ3v) is 4.23. The van der Waals surface area contributed by atoms with Crippen molar-refractivity contribution in [2.75, 3.05) is 20.1 Å². The smallest absolute Gasteiger partial charge is 0.191 e. The number of guanidine groups is 1. The largest absolute Gasteiger partial charge is 0.356 e.